The number of nitrogens with one attached hydrogen (secondary N) is 1. The molecule has 2 unspecified atom stereocenters. The van der Waals surface area contributed by atoms with E-state index < -0.39 is 0 Å². The summed E-state index contributed by atoms with van der Waals surface area (Å²) >= 11 is 0. The molecule has 84 valence electrons. The molecule has 3 rings (SSSR count). The molecule has 1 N–H and O–H groups in total. The molecule has 16 heavy (non-hydrogen) atoms. The van der Waals surface area contributed by atoms with Gasteiger partial charge in [-0.15, -0.1) is 0 Å². The topological polar surface area (TPSA) is 32.3 Å². The Hall–Kier alpha value is -1.35. The van der Waals surface area contributed by atoms with Gasteiger partial charge in [0.25, 0.3) is 5.91 Å². The predicted octanol–water partition coefficient (Wildman–Crippen LogP) is 1.22. The number of nitrogens with zero attached hydrogens (tertiary/aromatic N) is 1. The van der Waals surface area contributed by atoms with Crippen molar-refractivity contribution < 1.29 is 4.79 Å². The molecule has 2 aliphatic rings. The van der Waals surface area contributed by atoms with Gasteiger partial charge in [0.15, 0.2) is 0 Å². The number of likely N-dealkylation sites (N-methyl/N-ethyl adjacent to an activating group) is 1. The molecule has 1 fully saturated rings. The van der Waals surface area contributed by atoms with Gasteiger partial charge in [0.1, 0.15) is 0 Å². The highest BCUT2D eigenvalue weighted by molar-refractivity contribution is 5.97. The van der Waals surface area contributed by atoms with Crippen molar-refractivity contribution >= 4 is 5.91 Å². The summed E-state index contributed by atoms with van der Waals surface area (Å²) in [6, 6.07) is 8.40. The lowest BCUT2D eigenvalue weighted by molar-refractivity contribution is 0.0641. The quantitative estimate of drug-likeness (QED) is 0.707. The molecule has 0 radical (unpaired) electrons. The summed E-state index contributed by atoms with van der Waals surface area (Å²) in [6.07, 6.45) is 1.06. The second-order valence-corrected chi connectivity index (χ2v) is 4.67. The normalized spacial score (nSPS) is 28.6. The average molecular weight is 216 g/mol. The van der Waals surface area contributed by atoms with Crippen molar-refractivity contribution in [3.05, 3.63) is 35.4 Å². The molecule has 0 saturated carbocycles. The molecule has 0 spiro atoms. The Kier molecular flexibility index (Phi) is 2.21. The van der Waals surface area contributed by atoms with E-state index in [9.17, 15) is 4.79 Å². The van der Waals surface area contributed by atoms with Crippen LogP contribution in [0.3, 0.4) is 0 Å². The third-order valence-corrected chi connectivity index (χ3v) is 3.85. The lowest BCUT2D eigenvalue weighted by atomic mass is 9.80. The van der Waals surface area contributed by atoms with Gasteiger partial charge in [-0.2, -0.15) is 0 Å². The SMILES string of the molecule is CN1C(=O)c2ccccc2C2CNCCC21. The largest absolute Gasteiger partial charge is 0.338 e. The molecule has 3 nitrogen and oxygen atoms in total. The smallest absolute Gasteiger partial charge is 0.254 e. The Labute approximate surface area is 95.4 Å². The van der Waals surface area contributed by atoms with E-state index >= 15 is 0 Å². The van der Waals surface area contributed by atoms with Gasteiger partial charge in [0.05, 0.1) is 0 Å². The second kappa shape index (κ2) is 3.59. The lowest BCUT2D eigenvalue weighted by Crippen LogP contribution is -2.52. The number of carbonyl (C=O) groups is 1. The van der Waals surface area contributed by atoms with Gasteiger partial charge in [0, 0.05) is 31.1 Å². The zero-order valence-electron chi connectivity index (χ0n) is 9.44. The van der Waals surface area contributed by atoms with Gasteiger partial charge in [0.2, 0.25) is 0 Å². The van der Waals surface area contributed by atoms with Crippen molar-refractivity contribution in [1.82, 2.24) is 10.2 Å². The molecule has 3 heteroatoms. The highest BCUT2D eigenvalue weighted by atomic mass is 16.2. The maximum absolute atomic E-state index is 12.2. The van der Waals surface area contributed by atoms with Crippen LogP contribution in [0.1, 0.15) is 28.3 Å². The Morgan fingerprint density at radius 2 is 2.19 bits per heavy atom. The van der Waals surface area contributed by atoms with E-state index in [4.69, 9.17) is 0 Å². The Morgan fingerprint density at radius 1 is 1.38 bits per heavy atom. The fourth-order valence-electron chi connectivity index (χ4n) is 2.98. The first-order chi connectivity index (χ1) is 7.79. The van der Waals surface area contributed by atoms with Crippen LogP contribution in [0.15, 0.2) is 24.3 Å². The molecular weight excluding hydrogens is 200 g/mol. The maximum atomic E-state index is 12.2. The van der Waals surface area contributed by atoms with E-state index in [0.29, 0.717) is 12.0 Å². The number of rotatable bonds is 0. The Morgan fingerprint density at radius 3 is 3.06 bits per heavy atom. The standard InChI is InChI=1S/C13H16N2O/c1-15-12-6-7-14-8-11(12)9-4-2-3-5-10(9)13(15)16/h2-5,11-12,14H,6-8H2,1H3. The average Bonchev–Trinajstić information content (AvgIpc) is 2.36. The summed E-state index contributed by atoms with van der Waals surface area (Å²) in [6.45, 7) is 2.00. The molecule has 1 aromatic carbocycles. The zero-order valence-corrected chi connectivity index (χ0v) is 9.44. The number of piperidine rings is 1. The first kappa shape index (κ1) is 9.85. The number of hydrogen-bond acceptors (Lipinski definition) is 2. The zero-order chi connectivity index (χ0) is 11.1. The molecule has 0 bridgehead atoms. The molecule has 1 aromatic rings. The van der Waals surface area contributed by atoms with Crippen LogP contribution in [0.25, 0.3) is 0 Å². The summed E-state index contributed by atoms with van der Waals surface area (Å²) < 4.78 is 0. The lowest BCUT2D eigenvalue weighted by Gasteiger charge is -2.43. The molecule has 1 saturated heterocycles. The van der Waals surface area contributed by atoms with Gasteiger partial charge >= 0.3 is 0 Å². The van der Waals surface area contributed by atoms with Crippen molar-refractivity contribution in [2.24, 2.45) is 0 Å². The molecule has 2 aliphatic heterocycles. The van der Waals surface area contributed by atoms with Crippen LogP contribution in [0, 0.1) is 0 Å². The van der Waals surface area contributed by atoms with Crippen LogP contribution in [0.5, 0.6) is 0 Å². The summed E-state index contributed by atoms with van der Waals surface area (Å²) in [5.74, 6) is 0.645. The molecule has 1 amide bonds. The predicted molar refractivity (Wildman–Crippen MR) is 62.6 cm³/mol. The van der Waals surface area contributed by atoms with Crippen LogP contribution >= 0.6 is 0 Å². The van der Waals surface area contributed by atoms with Crippen LogP contribution in [-0.4, -0.2) is 37.0 Å². The first-order valence-electron chi connectivity index (χ1n) is 5.86. The Balaban J connectivity index is 2.11. The highest BCUT2D eigenvalue weighted by Gasteiger charge is 2.38. The molecule has 0 aliphatic carbocycles. The van der Waals surface area contributed by atoms with Crippen molar-refractivity contribution in [2.45, 2.75) is 18.4 Å². The minimum atomic E-state index is 0.179. The fraction of sp³-hybridized carbons (Fsp3) is 0.462. The van der Waals surface area contributed by atoms with Gasteiger partial charge in [-0.3, -0.25) is 4.79 Å². The maximum Gasteiger partial charge on any atom is 0.254 e. The number of fused-ring (bicyclic) bond motifs is 3. The van der Waals surface area contributed by atoms with E-state index in [-0.39, 0.29) is 5.91 Å². The monoisotopic (exact) mass is 216 g/mol. The minimum Gasteiger partial charge on any atom is -0.338 e. The van der Waals surface area contributed by atoms with Crippen molar-refractivity contribution in [3.63, 3.8) is 0 Å². The summed E-state index contributed by atoms with van der Waals surface area (Å²) in [4.78, 5) is 14.1. The van der Waals surface area contributed by atoms with Gasteiger partial charge in [-0.1, -0.05) is 18.2 Å². The molecular formula is C13H16N2O. The van der Waals surface area contributed by atoms with E-state index in [1.54, 1.807) is 0 Å². The van der Waals surface area contributed by atoms with Crippen molar-refractivity contribution in [3.8, 4) is 0 Å². The summed E-state index contributed by atoms with van der Waals surface area (Å²) in [7, 11) is 1.93. The summed E-state index contributed by atoms with van der Waals surface area (Å²) in [5.41, 5.74) is 2.11. The van der Waals surface area contributed by atoms with E-state index in [2.05, 4.69) is 11.4 Å². The van der Waals surface area contributed by atoms with E-state index in [1.807, 2.05) is 30.1 Å². The Bertz CT molecular complexity index is 430. The van der Waals surface area contributed by atoms with Crippen molar-refractivity contribution in [2.75, 3.05) is 20.1 Å². The summed E-state index contributed by atoms with van der Waals surface area (Å²) in [5, 5.41) is 3.42. The van der Waals surface area contributed by atoms with Crippen LogP contribution in [0.4, 0.5) is 0 Å². The molecule has 0 aromatic heterocycles. The van der Waals surface area contributed by atoms with Crippen LogP contribution < -0.4 is 5.32 Å². The van der Waals surface area contributed by atoms with E-state index in [0.717, 1.165) is 25.1 Å². The minimum absolute atomic E-state index is 0.179. The number of amides is 1. The van der Waals surface area contributed by atoms with Gasteiger partial charge in [-0.05, 0) is 24.6 Å². The third kappa shape index (κ3) is 1.28. The highest BCUT2D eigenvalue weighted by Crippen LogP contribution is 2.34. The number of hydrogen-bond donors (Lipinski definition) is 1. The molecule has 2 atom stereocenters. The van der Waals surface area contributed by atoms with Gasteiger partial charge < -0.3 is 10.2 Å². The fourth-order valence-corrected chi connectivity index (χ4v) is 2.98. The van der Waals surface area contributed by atoms with Crippen molar-refractivity contribution in [1.29, 1.82) is 0 Å². The van der Waals surface area contributed by atoms with Crippen LogP contribution in [0.2, 0.25) is 0 Å². The van der Waals surface area contributed by atoms with E-state index in [1.165, 1.54) is 5.56 Å². The number of carbonyl (C=O) groups excluding carboxylic acids is 1. The number of benzene rings is 1. The first-order valence-corrected chi connectivity index (χ1v) is 5.86. The van der Waals surface area contributed by atoms with Gasteiger partial charge in [-0.25, -0.2) is 0 Å². The van der Waals surface area contributed by atoms with Crippen LogP contribution in [-0.2, 0) is 0 Å². The third-order valence-electron chi connectivity index (χ3n) is 3.85. The molecule has 2 heterocycles. The second-order valence-electron chi connectivity index (χ2n) is 4.67.